The van der Waals surface area contributed by atoms with E-state index in [0.29, 0.717) is 50.9 Å². The molecule has 0 saturated carbocycles. The van der Waals surface area contributed by atoms with Gasteiger partial charge in [0.1, 0.15) is 23.2 Å². The van der Waals surface area contributed by atoms with Gasteiger partial charge in [0.2, 0.25) is 11.9 Å². The second kappa shape index (κ2) is 11.6. The molecule has 7 aromatic heterocycles. The van der Waals surface area contributed by atoms with Crippen molar-refractivity contribution >= 4 is 62.8 Å². The van der Waals surface area contributed by atoms with E-state index >= 15 is 0 Å². The molecule has 0 aliphatic carbocycles. The van der Waals surface area contributed by atoms with Crippen LogP contribution >= 0.6 is 0 Å². The van der Waals surface area contributed by atoms with Gasteiger partial charge in [-0.15, -0.1) is 0 Å². The summed E-state index contributed by atoms with van der Waals surface area (Å²) in [5, 5.41) is 0. The Morgan fingerprint density at radius 2 is 1.23 bits per heavy atom. The Bertz CT molecular complexity index is 1980. The minimum Gasteiger partial charge on any atom is -0.385 e. The number of anilines is 5. The van der Waals surface area contributed by atoms with Crippen LogP contribution in [0.4, 0.5) is 29.4 Å². The number of nitrogens with zero attached hydrogens (tertiary/aromatic N) is 9. The molecule has 0 bridgehead atoms. The van der Waals surface area contributed by atoms with Gasteiger partial charge in [0.25, 0.3) is 5.56 Å². The zero-order valence-corrected chi connectivity index (χ0v) is 20.2. The van der Waals surface area contributed by atoms with Gasteiger partial charge >= 0.3 is 5.69 Å². The summed E-state index contributed by atoms with van der Waals surface area (Å²) >= 11 is 0. The van der Waals surface area contributed by atoms with Crippen molar-refractivity contribution in [3.05, 3.63) is 58.4 Å². The van der Waals surface area contributed by atoms with Crippen LogP contribution in [0.15, 0.2) is 47.2 Å². The highest BCUT2D eigenvalue weighted by Crippen LogP contribution is 2.13. The number of aromatic amines is 5. The van der Waals surface area contributed by atoms with Crippen LogP contribution in [0.1, 0.15) is 0 Å². The SMILES string of the molecule is Nc1ccnc(=O)[nH]1.Nc1nc(N)c2[nH]cnc2n1.Nc1nc2nc[nH]c2c(=O)[nH]1.Nc1ncnc2nc[nH]c12. The van der Waals surface area contributed by atoms with E-state index in [1.165, 1.54) is 37.6 Å². The van der Waals surface area contributed by atoms with E-state index < -0.39 is 5.69 Å². The summed E-state index contributed by atoms with van der Waals surface area (Å²) in [6.07, 6.45) is 7.17. The molecule has 0 unspecified atom stereocenters. The van der Waals surface area contributed by atoms with Crippen molar-refractivity contribution in [2.24, 2.45) is 0 Å². The maximum Gasteiger partial charge on any atom is 0.346 e. The molecule has 0 fully saturated rings. The highest BCUT2D eigenvalue weighted by Gasteiger charge is 2.04. The molecule has 0 amide bonds. The summed E-state index contributed by atoms with van der Waals surface area (Å²) in [6.45, 7) is 0. The fourth-order valence-electron chi connectivity index (χ4n) is 2.90. The van der Waals surface area contributed by atoms with Gasteiger partial charge in [-0.2, -0.15) is 15.0 Å². The van der Waals surface area contributed by atoms with Crippen LogP contribution in [0.25, 0.3) is 33.5 Å². The van der Waals surface area contributed by atoms with Crippen molar-refractivity contribution in [1.29, 1.82) is 0 Å². The van der Waals surface area contributed by atoms with Crippen LogP contribution in [0, 0.1) is 0 Å². The lowest BCUT2D eigenvalue weighted by Crippen LogP contribution is -2.10. The first kappa shape index (κ1) is 26.4. The topological polar surface area (TPSA) is 359 Å². The summed E-state index contributed by atoms with van der Waals surface area (Å²) in [5.74, 6) is 1.31. The third kappa shape index (κ3) is 6.36. The lowest BCUT2D eigenvalue weighted by Gasteiger charge is -1.94. The molecule has 0 saturated heterocycles. The number of nitrogen functional groups attached to an aromatic ring is 5. The average Bonchev–Trinajstić information content (AvgIpc) is 3.66. The molecule has 204 valence electrons. The standard InChI is InChI=1S/C5H6N6.C5H5N5O.C5H5N5.C4H5N3O/c6-3-2-4(9-1-8-2)11-5(7)10-3;6-5-9-3-2(4(11)10-5)7-1-8-3;6-4-3-5(9-1-7-3)10-2-8-4;5-3-1-2-6-4(8)7-3/h1H,(H5,6,7,8,9,10,11);1H,(H4,6,7,8,9,10,11);1-2H,(H3,6,7,8,9,10);1-2H,(H3,5,6,7,8). The lowest BCUT2D eigenvalue weighted by atomic mass is 10.5. The minimum atomic E-state index is -0.412. The highest BCUT2D eigenvalue weighted by atomic mass is 16.1. The maximum absolute atomic E-state index is 11.0. The second-order valence-corrected chi connectivity index (χ2v) is 7.31. The fraction of sp³-hybridized carbons (Fsp3) is 0. The number of H-pyrrole nitrogens is 5. The van der Waals surface area contributed by atoms with Crippen molar-refractivity contribution in [3.63, 3.8) is 0 Å². The van der Waals surface area contributed by atoms with Gasteiger partial charge < -0.3 is 43.6 Å². The number of aromatic nitrogens is 14. The lowest BCUT2D eigenvalue weighted by molar-refractivity contribution is 1.08. The van der Waals surface area contributed by atoms with Crippen molar-refractivity contribution < 1.29 is 0 Å². The van der Waals surface area contributed by atoms with Gasteiger partial charge in [-0.25, -0.2) is 34.7 Å². The molecular weight excluding hydrogens is 526 g/mol. The number of nitrogens with two attached hydrogens (primary N) is 5. The quantitative estimate of drug-likeness (QED) is 0.0983. The Labute approximate surface area is 220 Å². The normalized spacial score (nSPS) is 10.2. The van der Waals surface area contributed by atoms with Gasteiger partial charge in [-0.05, 0) is 6.07 Å². The number of imidazole rings is 3. The van der Waals surface area contributed by atoms with Crippen molar-refractivity contribution in [3.8, 4) is 0 Å². The first-order valence-corrected chi connectivity index (χ1v) is 10.8. The van der Waals surface area contributed by atoms with Gasteiger partial charge in [0.05, 0.1) is 19.0 Å². The van der Waals surface area contributed by atoms with Gasteiger partial charge in [0.15, 0.2) is 34.1 Å². The van der Waals surface area contributed by atoms with Gasteiger partial charge in [-0.3, -0.25) is 14.8 Å². The largest absolute Gasteiger partial charge is 0.385 e. The predicted molar refractivity (Wildman–Crippen MR) is 145 cm³/mol. The first-order valence-electron chi connectivity index (χ1n) is 10.8. The molecule has 21 nitrogen and oxygen atoms in total. The van der Waals surface area contributed by atoms with Crippen molar-refractivity contribution in [2.45, 2.75) is 0 Å². The summed E-state index contributed by atoms with van der Waals surface area (Å²) in [6, 6.07) is 1.52. The van der Waals surface area contributed by atoms with E-state index in [1.54, 1.807) is 0 Å². The van der Waals surface area contributed by atoms with E-state index in [1.807, 2.05) is 0 Å². The zero-order valence-electron chi connectivity index (χ0n) is 20.2. The molecule has 7 rings (SSSR count). The van der Waals surface area contributed by atoms with Crippen molar-refractivity contribution in [1.82, 2.24) is 69.8 Å². The Balaban J connectivity index is 0.000000124. The minimum absolute atomic E-state index is 0.0783. The Kier molecular flexibility index (Phi) is 7.65. The van der Waals surface area contributed by atoms with E-state index in [2.05, 4.69) is 69.8 Å². The highest BCUT2D eigenvalue weighted by molar-refractivity contribution is 5.82. The second-order valence-electron chi connectivity index (χ2n) is 7.31. The number of hydrogen-bond acceptors (Lipinski definition) is 16. The number of hydrogen-bond donors (Lipinski definition) is 10. The monoisotopic (exact) mass is 547 g/mol. The molecular formula is C19H21N19O2. The van der Waals surface area contributed by atoms with Gasteiger partial charge in [-0.1, -0.05) is 0 Å². The molecule has 0 aliphatic rings. The maximum atomic E-state index is 11.0. The van der Waals surface area contributed by atoms with Crippen LogP contribution in [0.3, 0.4) is 0 Å². The van der Waals surface area contributed by atoms with Gasteiger partial charge in [0, 0.05) is 6.20 Å². The molecule has 7 heterocycles. The van der Waals surface area contributed by atoms with E-state index in [4.69, 9.17) is 28.7 Å². The molecule has 0 atom stereocenters. The Morgan fingerprint density at radius 1 is 0.600 bits per heavy atom. The molecule has 0 radical (unpaired) electrons. The zero-order chi connectivity index (χ0) is 28.6. The smallest absolute Gasteiger partial charge is 0.346 e. The summed E-state index contributed by atoms with van der Waals surface area (Å²) in [4.78, 5) is 68.0. The molecule has 0 aliphatic heterocycles. The van der Waals surface area contributed by atoms with Crippen molar-refractivity contribution in [2.75, 3.05) is 28.7 Å². The van der Waals surface area contributed by atoms with Crippen LogP contribution < -0.4 is 39.9 Å². The average molecular weight is 548 g/mol. The summed E-state index contributed by atoms with van der Waals surface area (Å²) in [7, 11) is 0. The number of rotatable bonds is 0. The molecule has 0 aromatic carbocycles. The summed E-state index contributed by atoms with van der Waals surface area (Å²) in [5.41, 5.74) is 29.1. The predicted octanol–water partition coefficient (Wildman–Crippen LogP) is -1.97. The molecule has 7 aromatic rings. The molecule has 40 heavy (non-hydrogen) atoms. The van der Waals surface area contributed by atoms with Crippen LogP contribution in [0.5, 0.6) is 0 Å². The van der Waals surface area contributed by atoms with E-state index in [-0.39, 0.29) is 17.5 Å². The Hall–Kier alpha value is -6.67. The fourth-order valence-corrected chi connectivity index (χ4v) is 2.90. The van der Waals surface area contributed by atoms with Crippen LogP contribution in [-0.4, -0.2) is 69.8 Å². The van der Waals surface area contributed by atoms with Crippen LogP contribution in [-0.2, 0) is 0 Å². The summed E-state index contributed by atoms with van der Waals surface area (Å²) < 4.78 is 0. The first-order chi connectivity index (χ1) is 19.2. The molecule has 21 heteroatoms. The number of nitrogens with one attached hydrogen (secondary N) is 5. The number of fused-ring (bicyclic) bond motifs is 3. The molecule has 15 N–H and O–H groups in total. The van der Waals surface area contributed by atoms with E-state index in [9.17, 15) is 9.59 Å². The third-order valence-corrected chi connectivity index (χ3v) is 4.59. The third-order valence-electron chi connectivity index (χ3n) is 4.59. The Morgan fingerprint density at radius 3 is 1.85 bits per heavy atom. The van der Waals surface area contributed by atoms with E-state index in [0.717, 1.165) is 0 Å². The van der Waals surface area contributed by atoms with Crippen LogP contribution in [0.2, 0.25) is 0 Å². The molecule has 0 spiro atoms.